The van der Waals surface area contributed by atoms with Crippen LogP contribution in [0.4, 0.5) is 5.69 Å². The first-order chi connectivity index (χ1) is 6.83. The molecule has 2 heteroatoms. The highest BCUT2D eigenvalue weighted by Gasteiger charge is 2.36. The van der Waals surface area contributed by atoms with Gasteiger partial charge in [0.1, 0.15) is 0 Å². The van der Waals surface area contributed by atoms with Gasteiger partial charge in [-0.1, -0.05) is 33.8 Å². The molecule has 0 bridgehead atoms. The molecule has 1 aliphatic rings. The van der Waals surface area contributed by atoms with Crippen LogP contribution < -0.4 is 5.73 Å². The second kappa shape index (κ2) is 3.96. The first kappa shape index (κ1) is 13.4. The maximum Gasteiger partial charge on any atom is 0.0317 e. The topological polar surface area (TPSA) is 26.0 Å². The summed E-state index contributed by atoms with van der Waals surface area (Å²) in [5, 5.41) is 0. The molecule has 90 valence electrons. The Balaban J connectivity index is 0.00000128. The molecule has 0 aliphatic heterocycles. The second-order valence-electron chi connectivity index (χ2n) is 6.07. The van der Waals surface area contributed by atoms with Crippen LogP contribution in [-0.2, 0) is 10.8 Å². The van der Waals surface area contributed by atoms with Crippen LogP contribution in [-0.4, -0.2) is 0 Å². The Bertz CT molecular complexity index is 394. The number of anilines is 1. The monoisotopic (exact) mass is 239 g/mol. The summed E-state index contributed by atoms with van der Waals surface area (Å²) >= 11 is 0. The molecule has 0 spiro atoms. The smallest absolute Gasteiger partial charge is 0.0317 e. The van der Waals surface area contributed by atoms with Crippen LogP contribution in [0, 0.1) is 0 Å². The Hall–Kier alpha value is -0.690. The lowest BCUT2D eigenvalue weighted by Gasteiger charge is -2.41. The summed E-state index contributed by atoms with van der Waals surface area (Å²) in [5.41, 5.74) is 10.3. The number of rotatable bonds is 0. The van der Waals surface area contributed by atoms with Gasteiger partial charge in [0.15, 0.2) is 0 Å². The first-order valence-electron chi connectivity index (χ1n) is 5.73. The molecule has 16 heavy (non-hydrogen) atoms. The van der Waals surface area contributed by atoms with Gasteiger partial charge in [0.25, 0.3) is 0 Å². The third-order valence-electron chi connectivity index (χ3n) is 3.88. The van der Waals surface area contributed by atoms with Crippen molar-refractivity contribution in [2.45, 2.75) is 51.4 Å². The van der Waals surface area contributed by atoms with Gasteiger partial charge in [0, 0.05) is 5.69 Å². The number of nitrogens with two attached hydrogens (primary N) is 1. The zero-order chi connectivity index (χ0) is 11.3. The summed E-state index contributed by atoms with van der Waals surface area (Å²) in [4.78, 5) is 0. The number of fused-ring (bicyclic) bond motifs is 1. The third-order valence-corrected chi connectivity index (χ3v) is 3.88. The Morgan fingerprint density at radius 1 is 0.938 bits per heavy atom. The van der Waals surface area contributed by atoms with E-state index in [0.717, 1.165) is 5.69 Å². The molecule has 1 nitrogen and oxygen atoms in total. The summed E-state index contributed by atoms with van der Waals surface area (Å²) < 4.78 is 0. The van der Waals surface area contributed by atoms with Crippen molar-refractivity contribution in [1.29, 1.82) is 0 Å². The fourth-order valence-electron chi connectivity index (χ4n) is 2.61. The Morgan fingerprint density at radius 2 is 1.44 bits per heavy atom. The fraction of sp³-hybridized carbons (Fsp3) is 0.571. The van der Waals surface area contributed by atoms with E-state index in [1.54, 1.807) is 0 Å². The van der Waals surface area contributed by atoms with E-state index in [-0.39, 0.29) is 17.8 Å². The quantitative estimate of drug-likeness (QED) is 0.680. The maximum atomic E-state index is 5.89. The molecule has 1 aliphatic carbocycles. The van der Waals surface area contributed by atoms with Crippen LogP contribution in [0.3, 0.4) is 0 Å². The van der Waals surface area contributed by atoms with Crippen LogP contribution in [0.1, 0.15) is 51.7 Å². The van der Waals surface area contributed by atoms with E-state index in [0.29, 0.717) is 5.41 Å². The third kappa shape index (κ3) is 2.06. The highest BCUT2D eigenvalue weighted by molar-refractivity contribution is 5.85. The second-order valence-corrected chi connectivity index (χ2v) is 6.07. The lowest BCUT2D eigenvalue weighted by Crippen LogP contribution is -2.33. The summed E-state index contributed by atoms with van der Waals surface area (Å²) in [6.45, 7) is 9.30. The maximum absolute atomic E-state index is 5.89. The summed E-state index contributed by atoms with van der Waals surface area (Å²) in [7, 11) is 0. The van der Waals surface area contributed by atoms with Crippen molar-refractivity contribution in [3.05, 3.63) is 29.3 Å². The van der Waals surface area contributed by atoms with Gasteiger partial charge in [-0.25, -0.2) is 0 Å². The van der Waals surface area contributed by atoms with Gasteiger partial charge < -0.3 is 5.73 Å². The molecule has 1 aromatic carbocycles. The predicted molar refractivity (Wildman–Crippen MR) is 73.4 cm³/mol. The zero-order valence-electron chi connectivity index (χ0n) is 10.6. The minimum Gasteiger partial charge on any atom is -0.399 e. The molecule has 2 rings (SSSR count). The van der Waals surface area contributed by atoms with Crippen molar-refractivity contribution >= 4 is 18.1 Å². The number of benzene rings is 1. The molecule has 0 fully saturated rings. The van der Waals surface area contributed by atoms with Crippen LogP contribution in [0.15, 0.2) is 18.2 Å². The van der Waals surface area contributed by atoms with E-state index >= 15 is 0 Å². The fourth-order valence-corrected chi connectivity index (χ4v) is 2.61. The molecule has 1 aromatic rings. The van der Waals surface area contributed by atoms with E-state index in [1.165, 1.54) is 24.0 Å². The predicted octanol–water partition coefficient (Wildman–Crippen LogP) is 4.04. The Labute approximate surface area is 105 Å². The average Bonchev–Trinajstić information content (AvgIpc) is 2.13. The zero-order valence-corrected chi connectivity index (χ0v) is 11.4. The number of hydrogen-bond acceptors (Lipinski definition) is 1. The van der Waals surface area contributed by atoms with Crippen molar-refractivity contribution in [1.82, 2.24) is 0 Å². The van der Waals surface area contributed by atoms with Gasteiger partial charge >= 0.3 is 0 Å². The lowest BCUT2D eigenvalue weighted by molar-refractivity contribution is 0.332. The van der Waals surface area contributed by atoms with Gasteiger partial charge in [-0.15, -0.1) is 12.4 Å². The van der Waals surface area contributed by atoms with E-state index in [1.807, 2.05) is 6.07 Å². The summed E-state index contributed by atoms with van der Waals surface area (Å²) in [5.74, 6) is 0. The van der Waals surface area contributed by atoms with E-state index in [4.69, 9.17) is 5.73 Å². The molecule has 0 radical (unpaired) electrons. The molecule has 0 saturated heterocycles. The summed E-state index contributed by atoms with van der Waals surface area (Å²) in [6.07, 6.45) is 2.51. The minimum atomic E-state index is 0. The average molecular weight is 240 g/mol. The van der Waals surface area contributed by atoms with E-state index < -0.39 is 0 Å². The van der Waals surface area contributed by atoms with E-state index in [2.05, 4.69) is 39.8 Å². The van der Waals surface area contributed by atoms with Crippen molar-refractivity contribution < 1.29 is 0 Å². The largest absolute Gasteiger partial charge is 0.399 e. The van der Waals surface area contributed by atoms with Crippen LogP contribution in [0.2, 0.25) is 0 Å². The highest BCUT2D eigenvalue weighted by atomic mass is 35.5. The molecule has 0 aromatic heterocycles. The number of nitrogen functional groups attached to an aromatic ring is 1. The first-order valence-corrected chi connectivity index (χ1v) is 5.73. The normalized spacial score (nSPS) is 20.8. The molecular weight excluding hydrogens is 218 g/mol. The van der Waals surface area contributed by atoms with Crippen molar-refractivity contribution in [2.24, 2.45) is 0 Å². The molecule has 2 N–H and O–H groups in total. The Kier molecular flexibility index (Phi) is 3.31. The number of hydrogen-bond donors (Lipinski definition) is 1. The lowest BCUT2D eigenvalue weighted by atomic mass is 9.63. The molecule has 0 unspecified atom stereocenters. The van der Waals surface area contributed by atoms with Crippen LogP contribution in [0.5, 0.6) is 0 Å². The van der Waals surface area contributed by atoms with Gasteiger partial charge in [0.2, 0.25) is 0 Å². The SMILES string of the molecule is CC1(C)CCC(C)(C)c2cc(N)ccc21.Cl. The van der Waals surface area contributed by atoms with Gasteiger partial charge in [-0.3, -0.25) is 0 Å². The van der Waals surface area contributed by atoms with Crippen LogP contribution in [0.25, 0.3) is 0 Å². The van der Waals surface area contributed by atoms with E-state index in [9.17, 15) is 0 Å². The van der Waals surface area contributed by atoms with Gasteiger partial charge in [-0.2, -0.15) is 0 Å². The highest BCUT2D eigenvalue weighted by Crippen LogP contribution is 2.46. The minimum absolute atomic E-state index is 0. The van der Waals surface area contributed by atoms with Gasteiger partial charge in [0.05, 0.1) is 0 Å². The number of halogens is 1. The standard InChI is InChI=1S/C14H21N.ClH/c1-13(2)7-8-14(3,4)12-9-10(15)5-6-11(12)13;/h5-6,9H,7-8,15H2,1-4H3;1H. The Morgan fingerprint density at radius 3 is 2.00 bits per heavy atom. The van der Waals surface area contributed by atoms with Crippen molar-refractivity contribution in [2.75, 3.05) is 5.73 Å². The molecule has 0 heterocycles. The molecule has 0 atom stereocenters. The van der Waals surface area contributed by atoms with Crippen LogP contribution >= 0.6 is 12.4 Å². The molecule has 0 amide bonds. The molecular formula is C14H22ClN. The van der Waals surface area contributed by atoms with Crippen molar-refractivity contribution in [3.8, 4) is 0 Å². The van der Waals surface area contributed by atoms with Crippen molar-refractivity contribution in [3.63, 3.8) is 0 Å². The summed E-state index contributed by atoms with van der Waals surface area (Å²) in [6, 6.07) is 6.41. The molecule has 0 saturated carbocycles. The van der Waals surface area contributed by atoms with Gasteiger partial charge in [-0.05, 0) is 46.9 Å².